The Morgan fingerprint density at radius 2 is 1.57 bits per heavy atom. The predicted molar refractivity (Wildman–Crippen MR) is 129 cm³/mol. The van der Waals surface area contributed by atoms with Crippen LogP contribution in [0.15, 0.2) is 66.7 Å². The monoisotopic (exact) mass is 476 g/mol. The van der Waals surface area contributed by atoms with Crippen molar-refractivity contribution in [1.29, 1.82) is 0 Å². The van der Waals surface area contributed by atoms with Crippen LogP contribution in [0.3, 0.4) is 0 Å². The topological polar surface area (TPSA) is 105 Å². The summed E-state index contributed by atoms with van der Waals surface area (Å²) in [5.74, 6) is -3.18. The average molecular weight is 477 g/mol. The van der Waals surface area contributed by atoms with Gasteiger partial charge in [0.25, 0.3) is 0 Å². The molecule has 0 bridgehead atoms. The van der Waals surface area contributed by atoms with E-state index in [9.17, 15) is 18.8 Å². The molecule has 3 aromatic rings. The fraction of sp³-hybridized carbons (Fsp3) is 0.222. The highest BCUT2D eigenvalue weighted by molar-refractivity contribution is 5.98. The Bertz CT molecular complexity index is 1240. The van der Waals surface area contributed by atoms with Crippen LogP contribution in [0.5, 0.6) is 0 Å². The summed E-state index contributed by atoms with van der Waals surface area (Å²) >= 11 is 0. The van der Waals surface area contributed by atoms with E-state index in [2.05, 4.69) is 10.6 Å². The molecule has 1 aliphatic carbocycles. The molecular formula is C27H25FN2O5. The highest BCUT2D eigenvalue weighted by Crippen LogP contribution is 2.44. The first-order valence-electron chi connectivity index (χ1n) is 11.2. The largest absolute Gasteiger partial charge is 0.478 e. The number of carboxylic acid groups (broad SMARTS) is 1. The molecule has 1 atom stereocenters. The number of fused-ring (bicyclic) bond motifs is 3. The van der Waals surface area contributed by atoms with E-state index in [-0.39, 0.29) is 29.7 Å². The van der Waals surface area contributed by atoms with E-state index in [0.29, 0.717) is 0 Å². The summed E-state index contributed by atoms with van der Waals surface area (Å²) in [5.41, 5.74) is 4.03. The molecule has 35 heavy (non-hydrogen) atoms. The minimum Gasteiger partial charge on any atom is -0.478 e. The van der Waals surface area contributed by atoms with Gasteiger partial charge in [-0.3, -0.25) is 4.79 Å². The van der Waals surface area contributed by atoms with Crippen molar-refractivity contribution in [2.45, 2.75) is 25.8 Å². The molecule has 8 heteroatoms. The van der Waals surface area contributed by atoms with Gasteiger partial charge in [0.2, 0.25) is 5.91 Å². The Balaban J connectivity index is 1.43. The van der Waals surface area contributed by atoms with Crippen molar-refractivity contribution in [3.05, 3.63) is 89.2 Å². The molecule has 0 aromatic heterocycles. The van der Waals surface area contributed by atoms with Crippen molar-refractivity contribution >= 4 is 23.7 Å². The molecule has 4 rings (SSSR count). The van der Waals surface area contributed by atoms with Gasteiger partial charge in [0.05, 0.1) is 5.56 Å². The number of benzene rings is 3. The van der Waals surface area contributed by atoms with E-state index < -0.39 is 29.8 Å². The quantitative estimate of drug-likeness (QED) is 0.444. The second kappa shape index (κ2) is 9.97. The number of anilines is 1. The summed E-state index contributed by atoms with van der Waals surface area (Å²) in [6.07, 6.45) is -0.758. The summed E-state index contributed by atoms with van der Waals surface area (Å²) in [6, 6.07) is 17.9. The van der Waals surface area contributed by atoms with Crippen LogP contribution in [0, 0.1) is 11.7 Å². The van der Waals surface area contributed by atoms with Crippen LogP contribution in [0.2, 0.25) is 0 Å². The van der Waals surface area contributed by atoms with E-state index >= 15 is 0 Å². The summed E-state index contributed by atoms with van der Waals surface area (Å²) in [7, 11) is 0. The highest BCUT2D eigenvalue weighted by Gasteiger charge is 2.30. The average Bonchev–Trinajstić information content (AvgIpc) is 3.14. The molecular weight excluding hydrogens is 451 g/mol. The van der Waals surface area contributed by atoms with Gasteiger partial charge in [0.15, 0.2) is 0 Å². The maximum Gasteiger partial charge on any atom is 0.407 e. The fourth-order valence-electron chi connectivity index (χ4n) is 4.31. The van der Waals surface area contributed by atoms with E-state index in [1.807, 2.05) is 48.5 Å². The lowest BCUT2D eigenvalue weighted by atomic mass is 9.98. The second-order valence-corrected chi connectivity index (χ2v) is 8.71. The van der Waals surface area contributed by atoms with Crippen LogP contribution < -0.4 is 10.6 Å². The van der Waals surface area contributed by atoms with Gasteiger partial charge < -0.3 is 20.5 Å². The van der Waals surface area contributed by atoms with Gasteiger partial charge in [-0.2, -0.15) is 0 Å². The number of carbonyl (C=O) groups is 3. The van der Waals surface area contributed by atoms with Gasteiger partial charge in [0.1, 0.15) is 18.5 Å². The Kier molecular flexibility index (Phi) is 6.82. The van der Waals surface area contributed by atoms with E-state index in [4.69, 9.17) is 9.84 Å². The second-order valence-electron chi connectivity index (χ2n) is 8.71. The Hall–Kier alpha value is -4.20. The SMILES string of the molecule is CC(C)[C@H](NC(=O)OCC1c2ccccc2-c2ccccc21)C(=O)Nc1cc(F)cc(C(=O)O)c1. The zero-order valence-corrected chi connectivity index (χ0v) is 19.2. The lowest BCUT2D eigenvalue weighted by molar-refractivity contribution is -0.119. The molecule has 1 aliphatic rings. The van der Waals surface area contributed by atoms with Crippen molar-refractivity contribution in [2.75, 3.05) is 11.9 Å². The van der Waals surface area contributed by atoms with Crippen LogP contribution in [0.1, 0.15) is 41.3 Å². The normalized spacial score (nSPS) is 13.0. The van der Waals surface area contributed by atoms with Gasteiger partial charge in [-0.25, -0.2) is 14.0 Å². The van der Waals surface area contributed by atoms with Crippen molar-refractivity contribution in [1.82, 2.24) is 5.32 Å². The van der Waals surface area contributed by atoms with Gasteiger partial charge in [0, 0.05) is 11.6 Å². The Morgan fingerprint density at radius 3 is 2.14 bits per heavy atom. The predicted octanol–water partition coefficient (Wildman–Crippen LogP) is 5.03. The van der Waals surface area contributed by atoms with Crippen LogP contribution in [0.25, 0.3) is 11.1 Å². The van der Waals surface area contributed by atoms with Crippen molar-refractivity contribution < 1.29 is 28.6 Å². The minimum atomic E-state index is -1.32. The smallest absolute Gasteiger partial charge is 0.407 e. The van der Waals surface area contributed by atoms with Gasteiger partial charge in [-0.1, -0.05) is 62.4 Å². The van der Waals surface area contributed by atoms with Crippen molar-refractivity contribution in [2.24, 2.45) is 5.92 Å². The Labute approximate surface area is 201 Å². The first kappa shape index (κ1) is 23.9. The number of aromatic carboxylic acids is 1. The number of carbonyl (C=O) groups excluding carboxylic acids is 2. The number of carboxylic acids is 1. The molecule has 3 N–H and O–H groups in total. The number of halogens is 1. The third-order valence-corrected chi connectivity index (χ3v) is 5.98. The third-order valence-electron chi connectivity index (χ3n) is 5.98. The summed E-state index contributed by atoms with van der Waals surface area (Å²) in [5, 5.41) is 14.2. The van der Waals surface area contributed by atoms with E-state index in [1.54, 1.807) is 13.8 Å². The molecule has 0 fully saturated rings. The van der Waals surface area contributed by atoms with E-state index in [1.165, 1.54) is 0 Å². The molecule has 0 saturated heterocycles. The van der Waals surface area contributed by atoms with Crippen molar-refractivity contribution in [3.63, 3.8) is 0 Å². The van der Waals surface area contributed by atoms with Crippen LogP contribution >= 0.6 is 0 Å². The zero-order chi connectivity index (χ0) is 25.1. The van der Waals surface area contributed by atoms with Crippen LogP contribution in [-0.2, 0) is 9.53 Å². The number of hydrogen-bond acceptors (Lipinski definition) is 4. The first-order valence-corrected chi connectivity index (χ1v) is 11.2. The molecule has 7 nitrogen and oxygen atoms in total. The molecule has 0 unspecified atom stereocenters. The first-order chi connectivity index (χ1) is 16.7. The number of alkyl carbamates (subject to hydrolysis) is 1. The Morgan fingerprint density at radius 1 is 0.971 bits per heavy atom. The van der Waals surface area contributed by atoms with Crippen molar-refractivity contribution in [3.8, 4) is 11.1 Å². The summed E-state index contributed by atoms with van der Waals surface area (Å²) in [6.45, 7) is 3.57. The number of amides is 2. The molecule has 0 saturated carbocycles. The van der Waals surface area contributed by atoms with Gasteiger partial charge in [-0.15, -0.1) is 0 Å². The molecule has 180 valence electrons. The van der Waals surface area contributed by atoms with Crippen LogP contribution in [-0.4, -0.2) is 35.7 Å². The number of ether oxygens (including phenoxy) is 1. The lowest BCUT2D eigenvalue weighted by Gasteiger charge is -2.22. The summed E-state index contributed by atoms with van der Waals surface area (Å²) < 4.78 is 19.3. The third kappa shape index (κ3) is 5.16. The molecule has 0 aliphatic heterocycles. The number of rotatable bonds is 7. The molecule has 2 amide bonds. The van der Waals surface area contributed by atoms with Crippen LogP contribution in [0.4, 0.5) is 14.9 Å². The number of hydrogen-bond donors (Lipinski definition) is 3. The standard InChI is InChI=1S/C27H25FN2O5/c1-15(2)24(25(31)29-18-12-16(26(32)33)11-17(28)13-18)30-27(34)35-14-23-21-9-5-3-7-19(21)20-8-4-6-10-22(20)23/h3-13,15,23-24H,14H2,1-2H3,(H,29,31)(H,30,34)(H,32,33)/t24-/m0/s1. The van der Waals surface area contributed by atoms with E-state index in [0.717, 1.165) is 40.5 Å². The maximum absolute atomic E-state index is 13.8. The zero-order valence-electron chi connectivity index (χ0n) is 19.2. The molecule has 0 heterocycles. The molecule has 0 radical (unpaired) electrons. The minimum absolute atomic E-state index is 0.0209. The fourth-order valence-corrected chi connectivity index (χ4v) is 4.31. The highest BCUT2D eigenvalue weighted by atomic mass is 19.1. The maximum atomic E-state index is 13.8. The molecule has 3 aromatic carbocycles. The summed E-state index contributed by atoms with van der Waals surface area (Å²) in [4.78, 5) is 36.6. The van der Waals surface area contributed by atoms with Gasteiger partial charge in [-0.05, 0) is 46.4 Å². The van der Waals surface area contributed by atoms with Gasteiger partial charge >= 0.3 is 12.1 Å². The molecule has 0 spiro atoms. The lowest BCUT2D eigenvalue weighted by Crippen LogP contribution is -2.47. The number of nitrogens with one attached hydrogen (secondary N) is 2.